The number of aryl methyl sites for hydroxylation is 1. The SMILES string of the molecule is CC(=O)Nc1cccc(-c2nn(C(C)c3ccc(Cl)cc3)c(=O)c3c(C)noc23)c1. The van der Waals surface area contributed by atoms with Gasteiger partial charge >= 0.3 is 0 Å². The molecule has 0 aliphatic heterocycles. The Labute approximate surface area is 177 Å². The van der Waals surface area contributed by atoms with E-state index in [1.165, 1.54) is 11.6 Å². The number of benzene rings is 2. The number of fused-ring (bicyclic) bond motifs is 1. The molecule has 1 atom stereocenters. The Morgan fingerprint density at radius 2 is 1.93 bits per heavy atom. The molecule has 0 saturated carbocycles. The minimum Gasteiger partial charge on any atom is -0.353 e. The third-order valence-corrected chi connectivity index (χ3v) is 5.14. The average Bonchev–Trinajstić information content (AvgIpc) is 3.10. The number of carbonyl (C=O) groups is 1. The Kier molecular flexibility index (Phi) is 5.13. The Hall–Kier alpha value is -3.45. The van der Waals surface area contributed by atoms with E-state index in [2.05, 4.69) is 15.6 Å². The van der Waals surface area contributed by atoms with Crippen molar-refractivity contribution in [2.75, 3.05) is 5.32 Å². The molecule has 8 heteroatoms. The molecular weight excluding hydrogens is 404 g/mol. The first-order chi connectivity index (χ1) is 14.3. The van der Waals surface area contributed by atoms with Gasteiger partial charge in [0.05, 0.1) is 11.7 Å². The predicted octanol–water partition coefficient (Wildman–Crippen LogP) is 4.58. The third-order valence-electron chi connectivity index (χ3n) is 4.88. The summed E-state index contributed by atoms with van der Waals surface area (Å²) in [6.07, 6.45) is 0. The number of nitrogens with one attached hydrogen (secondary N) is 1. The fourth-order valence-corrected chi connectivity index (χ4v) is 3.50. The summed E-state index contributed by atoms with van der Waals surface area (Å²) in [5, 5.41) is 12.4. The number of amides is 1. The second-order valence-electron chi connectivity index (χ2n) is 7.06. The van der Waals surface area contributed by atoms with Crippen LogP contribution in [0.3, 0.4) is 0 Å². The zero-order valence-electron chi connectivity index (χ0n) is 16.6. The highest BCUT2D eigenvalue weighted by molar-refractivity contribution is 6.30. The summed E-state index contributed by atoms with van der Waals surface area (Å²) in [7, 11) is 0. The molecule has 1 unspecified atom stereocenters. The van der Waals surface area contributed by atoms with Crippen LogP contribution in [0, 0.1) is 6.92 Å². The number of halogens is 1. The first kappa shape index (κ1) is 19.8. The van der Waals surface area contributed by atoms with E-state index in [9.17, 15) is 9.59 Å². The maximum atomic E-state index is 13.2. The van der Waals surface area contributed by atoms with Crippen LogP contribution >= 0.6 is 11.6 Å². The van der Waals surface area contributed by atoms with Crippen LogP contribution in [0.2, 0.25) is 5.02 Å². The van der Waals surface area contributed by atoms with Crippen LogP contribution in [-0.2, 0) is 4.79 Å². The lowest BCUT2D eigenvalue weighted by molar-refractivity contribution is -0.114. The fourth-order valence-electron chi connectivity index (χ4n) is 3.38. The highest BCUT2D eigenvalue weighted by Gasteiger charge is 2.22. The van der Waals surface area contributed by atoms with Crippen molar-refractivity contribution >= 4 is 34.2 Å². The molecule has 2 aromatic carbocycles. The lowest BCUT2D eigenvalue weighted by Gasteiger charge is -2.16. The highest BCUT2D eigenvalue weighted by atomic mass is 35.5. The molecule has 2 heterocycles. The summed E-state index contributed by atoms with van der Waals surface area (Å²) >= 11 is 6.00. The quantitative estimate of drug-likeness (QED) is 0.519. The predicted molar refractivity (Wildman–Crippen MR) is 116 cm³/mol. The number of hydrogen-bond acceptors (Lipinski definition) is 5. The molecule has 0 fully saturated rings. The van der Waals surface area contributed by atoms with Gasteiger partial charge in [0, 0.05) is 23.2 Å². The molecule has 2 aromatic heterocycles. The summed E-state index contributed by atoms with van der Waals surface area (Å²) in [5.74, 6) is -0.179. The molecule has 4 aromatic rings. The summed E-state index contributed by atoms with van der Waals surface area (Å²) in [6.45, 7) is 5.06. The van der Waals surface area contributed by atoms with Crippen molar-refractivity contribution in [1.82, 2.24) is 14.9 Å². The molecule has 0 aliphatic carbocycles. The Morgan fingerprint density at radius 3 is 2.63 bits per heavy atom. The molecule has 0 aliphatic rings. The fraction of sp³-hybridized carbons (Fsp3) is 0.182. The summed E-state index contributed by atoms with van der Waals surface area (Å²) in [4.78, 5) is 24.6. The maximum Gasteiger partial charge on any atom is 0.280 e. The van der Waals surface area contributed by atoms with Crippen molar-refractivity contribution in [3.63, 3.8) is 0 Å². The minimum absolute atomic E-state index is 0.179. The van der Waals surface area contributed by atoms with E-state index in [1.807, 2.05) is 25.1 Å². The van der Waals surface area contributed by atoms with Crippen LogP contribution in [-0.4, -0.2) is 20.8 Å². The summed E-state index contributed by atoms with van der Waals surface area (Å²) < 4.78 is 6.89. The Morgan fingerprint density at radius 1 is 1.20 bits per heavy atom. The molecule has 1 amide bonds. The van der Waals surface area contributed by atoms with Crippen LogP contribution < -0.4 is 10.9 Å². The molecule has 0 spiro atoms. The zero-order chi connectivity index (χ0) is 21.4. The topological polar surface area (TPSA) is 90.0 Å². The standard InChI is InChI=1S/C22H19ClN4O3/c1-12-19-21(30-26-12)20(16-5-4-6-18(11-16)24-14(3)28)25-27(22(19)29)13(2)15-7-9-17(23)10-8-15/h4-11,13H,1-3H3,(H,24,28). The smallest absolute Gasteiger partial charge is 0.280 e. The molecule has 30 heavy (non-hydrogen) atoms. The molecule has 0 radical (unpaired) electrons. The Bertz CT molecular complexity index is 1310. The number of aromatic nitrogens is 3. The van der Waals surface area contributed by atoms with Gasteiger partial charge in [-0.3, -0.25) is 9.59 Å². The van der Waals surface area contributed by atoms with Gasteiger partial charge in [-0.1, -0.05) is 41.0 Å². The van der Waals surface area contributed by atoms with Crippen molar-refractivity contribution in [3.8, 4) is 11.3 Å². The van der Waals surface area contributed by atoms with Crippen molar-refractivity contribution < 1.29 is 9.32 Å². The van der Waals surface area contributed by atoms with Crippen molar-refractivity contribution in [3.05, 3.63) is 75.2 Å². The maximum absolute atomic E-state index is 13.2. The molecule has 0 saturated heterocycles. The second kappa shape index (κ2) is 7.76. The molecule has 7 nitrogen and oxygen atoms in total. The van der Waals surface area contributed by atoms with E-state index in [0.29, 0.717) is 38.6 Å². The normalized spacial score (nSPS) is 12.1. The van der Waals surface area contributed by atoms with Gasteiger partial charge in [-0.15, -0.1) is 0 Å². The van der Waals surface area contributed by atoms with Crippen LogP contribution in [0.4, 0.5) is 5.69 Å². The Balaban J connectivity index is 1.93. The van der Waals surface area contributed by atoms with E-state index in [-0.39, 0.29) is 17.5 Å². The van der Waals surface area contributed by atoms with Gasteiger partial charge < -0.3 is 9.84 Å². The average molecular weight is 423 g/mol. The second-order valence-corrected chi connectivity index (χ2v) is 7.50. The van der Waals surface area contributed by atoms with Crippen LogP contribution in [0.15, 0.2) is 57.8 Å². The van der Waals surface area contributed by atoms with E-state index < -0.39 is 0 Å². The van der Waals surface area contributed by atoms with E-state index >= 15 is 0 Å². The molecule has 152 valence electrons. The van der Waals surface area contributed by atoms with Crippen molar-refractivity contribution in [2.45, 2.75) is 26.8 Å². The van der Waals surface area contributed by atoms with Gasteiger partial charge in [0.25, 0.3) is 5.56 Å². The van der Waals surface area contributed by atoms with Gasteiger partial charge in [0.2, 0.25) is 11.5 Å². The van der Waals surface area contributed by atoms with Gasteiger partial charge in [-0.25, -0.2) is 4.68 Å². The monoisotopic (exact) mass is 422 g/mol. The van der Waals surface area contributed by atoms with Gasteiger partial charge in [-0.05, 0) is 43.7 Å². The minimum atomic E-state index is -0.342. The third kappa shape index (κ3) is 3.59. The largest absolute Gasteiger partial charge is 0.353 e. The number of anilines is 1. The first-order valence-electron chi connectivity index (χ1n) is 9.37. The number of rotatable bonds is 4. The zero-order valence-corrected chi connectivity index (χ0v) is 17.4. The number of nitrogens with zero attached hydrogens (tertiary/aromatic N) is 3. The summed E-state index contributed by atoms with van der Waals surface area (Å²) in [6, 6.07) is 14.1. The summed E-state index contributed by atoms with van der Waals surface area (Å²) in [5.41, 5.74) is 3.20. The molecule has 1 N–H and O–H groups in total. The first-order valence-corrected chi connectivity index (χ1v) is 9.75. The number of hydrogen-bond donors (Lipinski definition) is 1. The van der Waals surface area contributed by atoms with Crippen molar-refractivity contribution in [2.24, 2.45) is 0 Å². The molecule has 4 rings (SSSR count). The lowest BCUT2D eigenvalue weighted by Crippen LogP contribution is -2.27. The highest BCUT2D eigenvalue weighted by Crippen LogP contribution is 2.29. The van der Waals surface area contributed by atoms with E-state index in [0.717, 1.165) is 5.56 Å². The van der Waals surface area contributed by atoms with Gasteiger partial charge in [-0.2, -0.15) is 5.10 Å². The van der Waals surface area contributed by atoms with Crippen molar-refractivity contribution in [1.29, 1.82) is 0 Å². The van der Waals surface area contributed by atoms with E-state index in [1.54, 1.807) is 37.3 Å². The lowest BCUT2D eigenvalue weighted by atomic mass is 10.1. The van der Waals surface area contributed by atoms with E-state index in [4.69, 9.17) is 16.1 Å². The van der Waals surface area contributed by atoms with Crippen LogP contribution in [0.1, 0.15) is 31.1 Å². The van der Waals surface area contributed by atoms with Gasteiger partial charge in [0.15, 0.2) is 0 Å². The van der Waals surface area contributed by atoms with Gasteiger partial charge in [0.1, 0.15) is 11.1 Å². The molecular formula is C22H19ClN4O3. The van der Waals surface area contributed by atoms with Crippen LogP contribution in [0.5, 0.6) is 0 Å². The number of carbonyl (C=O) groups excluding carboxylic acids is 1. The van der Waals surface area contributed by atoms with Crippen LogP contribution in [0.25, 0.3) is 22.2 Å². The molecule has 0 bridgehead atoms.